The number of amides is 1. The van der Waals surface area contributed by atoms with Gasteiger partial charge in [0.05, 0.1) is 6.26 Å². The van der Waals surface area contributed by atoms with E-state index in [2.05, 4.69) is 24.4 Å². The summed E-state index contributed by atoms with van der Waals surface area (Å²) < 4.78 is 5.83. The van der Waals surface area contributed by atoms with Crippen molar-refractivity contribution >= 4 is 11.6 Å². The highest BCUT2D eigenvalue weighted by atomic mass is 16.3. The van der Waals surface area contributed by atoms with E-state index >= 15 is 0 Å². The van der Waals surface area contributed by atoms with Crippen LogP contribution < -0.4 is 5.32 Å². The van der Waals surface area contributed by atoms with Gasteiger partial charge in [0.25, 0.3) is 0 Å². The number of hydrogen-bond donors (Lipinski definition) is 1. The summed E-state index contributed by atoms with van der Waals surface area (Å²) in [5.41, 5.74) is 3.31. The molecule has 3 heteroatoms. The van der Waals surface area contributed by atoms with Crippen LogP contribution in [0.3, 0.4) is 0 Å². The largest absolute Gasteiger partial charge is 0.469 e. The predicted molar refractivity (Wildman–Crippen MR) is 113 cm³/mol. The Hall–Kier alpha value is -2.81. The third-order valence-electron chi connectivity index (χ3n) is 5.74. The predicted octanol–water partition coefficient (Wildman–Crippen LogP) is 5.88. The Labute approximate surface area is 166 Å². The van der Waals surface area contributed by atoms with Crippen LogP contribution in [0.5, 0.6) is 0 Å². The number of carbonyl (C=O) groups is 1. The van der Waals surface area contributed by atoms with Crippen molar-refractivity contribution in [3.05, 3.63) is 89.4 Å². The Morgan fingerprint density at radius 2 is 1.75 bits per heavy atom. The number of hydrogen-bond acceptors (Lipinski definition) is 2. The van der Waals surface area contributed by atoms with Gasteiger partial charge in [0.15, 0.2) is 0 Å². The highest BCUT2D eigenvalue weighted by Gasteiger charge is 2.48. The summed E-state index contributed by atoms with van der Waals surface area (Å²) in [6, 6.07) is 20.2. The van der Waals surface area contributed by atoms with E-state index < -0.39 is 5.41 Å². The van der Waals surface area contributed by atoms with Crippen LogP contribution in [-0.2, 0) is 23.1 Å². The maximum Gasteiger partial charge on any atom is 0.239 e. The first kappa shape index (κ1) is 18.5. The minimum atomic E-state index is -0.721. The van der Waals surface area contributed by atoms with Crippen molar-refractivity contribution < 1.29 is 9.21 Å². The quantitative estimate of drug-likeness (QED) is 0.501. The van der Waals surface area contributed by atoms with Gasteiger partial charge in [-0.05, 0) is 41.7 Å². The van der Waals surface area contributed by atoms with Crippen molar-refractivity contribution in [2.24, 2.45) is 0 Å². The summed E-state index contributed by atoms with van der Waals surface area (Å²) in [6.07, 6.45) is 8.26. The van der Waals surface area contributed by atoms with Crippen molar-refractivity contribution in [1.29, 1.82) is 0 Å². The summed E-state index contributed by atoms with van der Waals surface area (Å²) in [4.78, 5) is 13.3. The highest BCUT2D eigenvalue weighted by molar-refractivity contribution is 6.08. The van der Waals surface area contributed by atoms with Crippen LogP contribution in [0.2, 0.25) is 0 Å². The minimum Gasteiger partial charge on any atom is -0.469 e. The first-order chi connectivity index (χ1) is 13.7. The smallest absolute Gasteiger partial charge is 0.239 e. The van der Waals surface area contributed by atoms with Crippen molar-refractivity contribution in [1.82, 2.24) is 0 Å². The van der Waals surface area contributed by atoms with Gasteiger partial charge in [0.2, 0.25) is 5.91 Å². The van der Waals surface area contributed by atoms with E-state index in [1.807, 2.05) is 54.8 Å². The fourth-order valence-corrected chi connectivity index (χ4v) is 4.28. The minimum absolute atomic E-state index is 0.0330. The zero-order valence-electron chi connectivity index (χ0n) is 16.4. The lowest BCUT2D eigenvalue weighted by Gasteiger charge is -2.27. The van der Waals surface area contributed by atoms with Gasteiger partial charge in [-0.25, -0.2) is 0 Å². The molecule has 1 aromatic heterocycles. The van der Waals surface area contributed by atoms with Gasteiger partial charge < -0.3 is 9.73 Å². The molecule has 0 radical (unpaired) electrons. The summed E-state index contributed by atoms with van der Waals surface area (Å²) in [5, 5.41) is 3.09. The topological polar surface area (TPSA) is 42.2 Å². The zero-order chi connectivity index (χ0) is 19.4. The molecule has 4 rings (SSSR count). The molecule has 0 aliphatic carbocycles. The lowest BCUT2D eigenvalue weighted by Crippen LogP contribution is -2.37. The Morgan fingerprint density at radius 3 is 2.57 bits per heavy atom. The Morgan fingerprint density at radius 1 is 0.964 bits per heavy atom. The summed E-state index contributed by atoms with van der Waals surface area (Å²) >= 11 is 0. The number of aryl methyl sites for hydroxylation is 1. The molecule has 0 bridgehead atoms. The second-order valence-electron chi connectivity index (χ2n) is 7.68. The molecule has 0 unspecified atom stereocenters. The van der Waals surface area contributed by atoms with Crippen LogP contribution in [0, 0.1) is 0 Å². The maximum atomic E-state index is 13.3. The number of unbranched alkanes of at least 4 members (excludes halogenated alkanes) is 3. The molecule has 0 fully saturated rings. The number of carbonyl (C=O) groups excluding carboxylic acids is 1. The fourth-order valence-electron chi connectivity index (χ4n) is 4.28. The zero-order valence-corrected chi connectivity index (χ0v) is 16.4. The molecule has 1 N–H and O–H groups in total. The van der Waals surface area contributed by atoms with E-state index in [-0.39, 0.29) is 5.91 Å². The molecular formula is C25H27NO2. The van der Waals surface area contributed by atoms with E-state index in [4.69, 9.17) is 4.42 Å². The highest BCUT2D eigenvalue weighted by Crippen LogP contribution is 2.45. The number of furan rings is 1. The lowest BCUT2D eigenvalue weighted by atomic mass is 9.71. The molecule has 2 aromatic carbocycles. The Kier molecular flexibility index (Phi) is 5.34. The van der Waals surface area contributed by atoms with Crippen LogP contribution in [0.1, 0.15) is 55.1 Å². The third kappa shape index (κ3) is 3.37. The number of anilines is 1. The Bertz CT molecular complexity index is 944. The molecule has 0 spiro atoms. The van der Waals surface area contributed by atoms with Gasteiger partial charge in [-0.3, -0.25) is 4.79 Å². The van der Waals surface area contributed by atoms with Crippen LogP contribution in [0.25, 0.3) is 0 Å². The molecule has 1 amide bonds. The number of rotatable bonds is 8. The van der Waals surface area contributed by atoms with Gasteiger partial charge in [-0.2, -0.15) is 0 Å². The number of fused-ring (bicyclic) bond motifs is 1. The first-order valence-electron chi connectivity index (χ1n) is 10.3. The summed E-state index contributed by atoms with van der Waals surface area (Å²) in [6.45, 7) is 2.22. The molecular weight excluding hydrogens is 346 g/mol. The van der Waals surface area contributed by atoms with Crippen LogP contribution >= 0.6 is 0 Å². The van der Waals surface area contributed by atoms with Crippen LogP contribution in [0.4, 0.5) is 5.69 Å². The van der Waals surface area contributed by atoms with Crippen molar-refractivity contribution in [2.75, 3.05) is 5.32 Å². The van der Waals surface area contributed by atoms with Gasteiger partial charge in [0.1, 0.15) is 11.2 Å². The summed E-state index contributed by atoms with van der Waals surface area (Å²) in [5.74, 6) is 1.05. The van der Waals surface area contributed by atoms with E-state index in [9.17, 15) is 4.79 Å². The fraction of sp³-hybridized carbons (Fsp3) is 0.320. The second-order valence-corrected chi connectivity index (χ2v) is 7.68. The number of benzene rings is 2. The van der Waals surface area contributed by atoms with Gasteiger partial charge in [-0.15, -0.1) is 0 Å². The van der Waals surface area contributed by atoms with Crippen LogP contribution in [0.15, 0.2) is 71.3 Å². The van der Waals surface area contributed by atoms with Crippen molar-refractivity contribution in [3.8, 4) is 0 Å². The lowest BCUT2D eigenvalue weighted by molar-refractivity contribution is -0.119. The number of nitrogens with one attached hydrogen (secondary N) is 1. The number of para-hydroxylation sites is 1. The molecule has 0 saturated carbocycles. The van der Waals surface area contributed by atoms with Gasteiger partial charge >= 0.3 is 0 Å². The monoisotopic (exact) mass is 373 g/mol. The van der Waals surface area contributed by atoms with Crippen molar-refractivity contribution in [2.45, 2.75) is 50.9 Å². The SMILES string of the molecule is CCCCCCc1cc(C[C@@]2(c3ccccc3)C(=O)Nc3ccccc32)co1. The molecule has 28 heavy (non-hydrogen) atoms. The second kappa shape index (κ2) is 8.05. The molecule has 0 saturated heterocycles. The molecule has 3 aromatic rings. The van der Waals surface area contributed by atoms with E-state index in [1.165, 1.54) is 19.3 Å². The average Bonchev–Trinajstić information content (AvgIpc) is 3.29. The van der Waals surface area contributed by atoms with E-state index in [0.29, 0.717) is 6.42 Å². The summed E-state index contributed by atoms with van der Waals surface area (Å²) in [7, 11) is 0. The molecule has 1 atom stereocenters. The van der Waals surface area contributed by atoms with Crippen LogP contribution in [-0.4, -0.2) is 5.91 Å². The van der Waals surface area contributed by atoms with E-state index in [1.54, 1.807) is 0 Å². The molecule has 144 valence electrons. The molecule has 1 aliphatic heterocycles. The Balaban J connectivity index is 1.66. The molecule has 2 heterocycles. The van der Waals surface area contributed by atoms with Gasteiger partial charge in [0, 0.05) is 12.1 Å². The van der Waals surface area contributed by atoms with Gasteiger partial charge in [-0.1, -0.05) is 74.7 Å². The normalized spacial score (nSPS) is 18.1. The standard InChI is InChI=1S/C25H27NO2/c1-2-3-4-8-13-21-16-19(18-28-21)17-25(20-11-6-5-7-12-20)22-14-9-10-15-23(22)26-24(25)27/h5-7,9-12,14-16,18H,2-4,8,13,17H2,1H3,(H,26,27)/t25-/m0/s1. The maximum absolute atomic E-state index is 13.3. The van der Waals surface area contributed by atoms with Crippen molar-refractivity contribution in [3.63, 3.8) is 0 Å². The average molecular weight is 373 g/mol. The molecule has 1 aliphatic rings. The third-order valence-corrected chi connectivity index (χ3v) is 5.74. The molecule has 3 nitrogen and oxygen atoms in total. The first-order valence-corrected chi connectivity index (χ1v) is 10.3. The van der Waals surface area contributed by atoms with E-state index in [0.717, 1.165) is 41.0 Å².